The Hall–Kier alpha value is -3.53. The van der Waals surface area contributed by atoms with Crippen LogP contribution in [-0.2, 0) is 19.6 Å². The Kier molecular flexibility index (Phi) is 6.73. The molecule has 3 aliphatic rings. The number of nitrogens with one attached hydrogen (secondary N) is 2. The van der Waals surface area contributed by atoms with Crippen molar-refractivity contribution in [2.45, 2.75) is 23.7 Å². The number of para-hydroxylation sites is 2. The minimum absolute atomic E-state index is 0.152. The zero-order valence-electron chi connectivity index (χ0n) is 21.0. The number of fused-ring (bicyclic) bond motifs is 1. The average molecular weight is 531 g/mol. The van der Waals surface area contributed by atoms with Crippen molar-refractivity contribution in [2.24, 2.45) is 10.9 Å². The van der Waals surface area contributed by atoms with Crippen molar-refractivity contribution in [3.8, 4) is 0 Å². The molecule has 1 atom stereocenters. The molecular formula is C29H30N4O4S. The number of morpholine rings is 1. The van der Waals surface area contributed by atoms with E-state index in [0.717, 1.165) is 42.9 Å². The number of amides is 1. The van der Waals surface area contributed by atoms with Crippen molar-refractivity contribution in [3.05, 3.63) is 83.9 Å². The zero-order chi connectivity index (χ0) is 26.1. The van der Waals surface area contributed by atoms with Gasteiger partial charge in [0.05, 0.1) is 35.2 Å². The molecule has 1 amide bonds. The summed E-state index contributed by atoms with van der Waals surface area (Å²) in [7, 11) is -3.70. The molecule has 38 heavy (non-hydrogen) atoms. The first-order valence-electron chi connectivity index (χ1n) is 13.0. The number of hydrogen-bond acceptors (Lipinski definition) is 6. The Bertz CT molecular complexity index is 1480. The lowest BCUT2D eigenvalue weighted by Crippen LogP contribution is -2.36. The maximum atomic E-state index is 13.4. The highest BCUT2D eigenvalue weighted by Crippen LogP contribution is 2.39. The van der Waals surface area contributed by atoms with Crippen molar-refractivity contribution < 1.29 is 17.9 Å². The van der Waals surface area contributed by atoms with Crippen LogP contribution in [0.2, 0.25) is 0 Å². The van der Waals surface area contributed by atoms with Crippen LogP contribution in [0.4, 0.5) is 17.1 Å². The number of ether oxygens (including phenoxy) is 1. The Morgan fingerprint density at radius 1 is 1.00 bits per heavy atom. The molecular weight excluding hydrogens is 500 g/mol. The molecule has 3 aromatic rings. The van der Waals surface area contributed by atoms with Crippen LogP contribution in [0.1, 0.15) is 29.9 Å². The van der Waals surface area contributed by atoms with Crippen molar-refractivity contribution in [1.29, 1.82) is 0 Å². The second kappa shape index (κ2) is 10.3. The molecule has 2 heterocycles. The van der Waals surface area contributed by atoms with Gasteiger partial charge in [0.1, 0.15) is 5.92 Å². The van der Waals surface area contributed by atoms with E-state index in [0.29, 0.717) is 42.6 Å². The van der Waals surface area contributed by atoms with Gasteiger partial charge in [-0.3, -0.25) is 4.79 Å². The van der Waals surface area contributed by atoms with Gasteiger partial charge in [-0.15, -0.1) is 0 Å². The van der Waals surface area contributed by atoms with Gasteiger partial charge in [-0.1, -0.05) is 42.5 Å². The van der Waals surface area contributed by atoms with Crippen LogP contribution in [0.5, 0.6) is 0 Å². The third-order valence-electron chi connectivity index (χ3n) is 7.24. The predicted molar refractivity (Wildman–Crippen MR) is 148 cm³/mol. The predicted octanol–water partition coefficient (Wildman–Crippen LogP) is 4.07. The van der Waals surface area contributed by atoms with Gasteiger partial charge in [-0.25, -0.2) is 18.1 Å². The number of anilines is 2. The normalized spacial score (nSPS) is 19.8. The summed E-state index contributed by atoms with van der Waals surface area (Å²) in [4.78, 5) is 20.9. The summed E-state index contributed by atoms with van der Waals surface area (Å²) in [6.45, 7) is 3.25. The Morgan fingerprint density at radius 3 is 2.50 bits per heavy atom. The number of sulfonamides is 1. The number of rotatable bonds is 8. The number of hydrogen-bond donors (Lipinski definition) is 2. The van der Waals surface area contributed by atoms with E-state index < -0.39 is 15.9 Å². The molecule has 0 radical (unpaired) electrons. The Balaban J connectivity index is 1.44. The highest BCUT2D eigenvalue weighted by atomic mass is 32.2. The Morgan fingerprint density at radius 2 is 1.74 bits per heavy atom. The monoisotopic (exact) mass is 530 g/mol. The fourth-order valence-electron chi connectivity index (χ4n) is 4.98. The molecule has 6 rings (SSSR count). The van der Waals surface area contributed by atoms with E-state index in [-0.39, 0.29) is 10.8 Å². The lowest BCUT2D eigenvalue weighted by molar-refractivity contribution is -0.115. The van der Waals surface area contributed by atoms with Crippen LogP contribution in [0.15, 0.2) is 82.7 Å². The molecule has 1 saturated heterocycles. The van der Waals surface area contributed by atoms with Gasteiger partial charge < -0.3 is 15.0 Å². The van der Waals surface area contributed by atoms with Gasteiger partial charge in [0.2, 0.25) is 15.9 Å². The van der Waals surface area contributed by atoms with Crippen molar-refractivity contribution >= 4 is 38.7 Å². The summed E-state index contributed by atoms with van der Waals surface area (Å²) in [6, 6.07) is 22.3. The quantitative estimate of drug-likeness (QED) is 0.428. The van der Waals surface area contributed by atoms with Crippen LogP contribution >= 0.6 is 0 Å². The summed E-state index contributed by atoms with van der Waals surface area (Å²) in [5.74, 6) is -0.575. The molecule has 1 saturated carbocycles. The van der Waals surface area contributed by atoms with Crippen LogP contribution in [0.25, 0.3) is 0 Å². The van der Waals surface area contributed by atoms with Gasteiger partial charge >= 0.3 is 0 Å². The number of benzene rings is 3. The first-order valence-corrected chi connectivity index (χ1v) is 14.5. The summed E-state index contributed by atoms with van der Waals surface area (Å²) in [5, 5.41) is 2.94. The summed E-state index contributed by atoms with van der Waals surface area (Å²) in [6.07, 6.45) is 2.10. The van der Waals surface area contributed by atoms with Crippen LogP contribution in [0.3, 0.4) is 0 Å². The second-order valence-electron chi connectivity index (χ2n) is 9.92. The van der Waals surface area contributed by atoms with Crippen molar-refractivity contribution in [1.82, 2.24) is 4.72 Å². The lowest BCUT2D eigenvalue weighted by Gasteiger charge is -2.30. The standard InChI is InChI=1S/C29H30N4O4S/c34-29-27(23-18-22(12-13-24(23)32-29)38(35,36)30-19-20-10-11-20)28(21-6-2-1-3-7-21)31-25-8-4-5-9-26(25)33-14-16-37-17-15-33/h1-9,12-13,18,20,27,30H,10-11,14-17,19H2,(H,32,34). The van der Waals surface area contributed by atoms with E-state index in [1.807, 2.05) is 54.6 Å². The molecule has 1 aliphatic carbocycles. The van der Waals surface area contributed by atoms with Gasteiger partial charge in [-0.2, -0.15) is 0 Å². The largest absolute Gasteiger partial charge is 0.378 e. The van der Waals surface area contributed by atoms with E-state index in [4.69, 9.17) is 9.73 Å². The van der Waals surface area contributed by atoms with E-state index in [9.17, 15) is 13.2 Å². The summed E-state index contributed by atoms with van der Waals surface area (Å²) in [5.41, 5.74) is 4.32. The minimum Gasteiger partial charge on any atom is -0.378 e. The maximum absolute atomic E-state index is 13.4. The van der Waals surface area contributed by atoms with Crippen molar-refractivity contribution in [3.63, 3.8) is 0 Å². The molecule has 1 unspecified atom stereocenters. The lowest BCUT2D eigenvalue weighted by atomic mass is 9.90. The van der Waals surface area contributed by atoms with E-state index in [1.54, 1.807) is 18.2 Å². The van der Waals surface area contributed by atoms with Gasteiger partial charge in [0.25, 0.3) is 0 Å². The topological polar surface area (TPSA) is 100 Å². The van der Waals surface area contributed by atoms with Crippen molar-refractivity contribution in [2.75, 3.05) is 43.1 Å². The van der Waals surface area contributed by atoms with Crippen LogP contribution in [0, 0.1) is 5.92 Å². The molecule has 2 N–H and O–H groups in total. The first kappa shape index (κ1) is 24.8. The maximum Gasteiger partial charge on any atom is 0.240 e. The second-order valence-corrected chi connectivity index (χ2v) is 11.7. The molecule has 0 bridgehead atoms. The number of carbonyl (C=O) groups excluding carboxylic acids is 1. The molecule has 2 fully saturated rings. The van der Waals surface area contributed by atoms with Gasteiger partial charge in [0.15, 0.2) is 0 Å². The van der Waals surface area contributed by atoms with Crippen LogP contribution < -0.4 is 14.9 Å². The fourth-order valence-corrected chi connectivity index (χ4v) is 6.13. The summed E-state index contributed by atoms with van der Waals surface area (Å²) < 4.78 is 34.3. The molecule has 8 nitrogen and oxygen atoms in total. The molecule has 196 valence electrons. The van der Waals surface area contributed by atoms with E-state index in [2.05, 4.69) is 14.9 Å². The SMILES string of the molecule is O=C1Nc2ccc(S(=O)(=O)NCC3CC3)cc2C1C(=Nc1ccccc1N1CCOCC1)c1ccccc1. The number of aliphatic imine (C=N–C) groups is 1. The molecule has 0 aromatic heterocycles. The fraction of sp³-hybridized carbons (Fsp3) is 0.310. The van der Waals surface area contributed by atoms with Crippen LogP contribution in [-0.4, -0.2) is 52.9 Å². The number of carbonyl (C=O) groups is 1. The first-order chi connectivity index (χ1) is 18.5. The minimum atomic E-state index is -3.70. The van der Waals surface area contributed by atoms with E-state index >= 15 is 0 Å². The molecule has 2 aliphatic heterocycles. The van der Waals surface area contributed by atoms with Gasteiger partial charge in [0, 0.05) is 25.3 Å². The zero-order valence-corrected chi connectivity index (χ0v) is 21.8. The van der Waals surface area contributed by atoms with E-state index in [1.165, 1.54) is 0 Å². The third-order valence-corrected chi connectivity index (χ3v) is 8.66. The Labute approximate surface area is 222 Å². The highest BCUT2D eigenvalue weighted by molar-refractivity contribution is 7.89. The smallest absolute Gasteiger partial charge is 0.240 e. The molecule has 0 spiro atoms. The third kappa shape index (κ3) is 5.09. The van der Waals surface area contributed by atoms with Gasteiger partial charge in [-0.05, 0) is 60.2 Å². The summed E-state index contributed by atoms with van der Waals surface area (Å²) >= 11 is 0. The molecule has 9 heteroatoms. The highest BCUT2D eigenvalue weighted by Gasteiger charge is 2.37. The average Bonchev–Trinajstić information content (AvgIpc) is 3.73. The molecule has 3 aromatic carbocycles. The number of nitrogens with zero attached hydrogens (tertiary/aromatic N) is 2.